The van der Waals surface area contributed by atoms with Crippen LogP contribution in [0.5, 0.6) is 0 Å². The molecular weight excluding hydrogens is 352 g/mol. The maximum Gasteiger partial charge on any atom is 0.254 e. The van der Waals surface area contributed by atoms with Gasteiger partial charge in [-0.05, 0) is 54.7 Å². The summed E-state index contributed by atoms with van der Waals surface area (Å²) >= 11 is 5.89. The Morgan fingerprint density at radius 3 is 2.31 bits per heavy atom. The van der Waals surface area contributed by atoms with Crippen molar-refractivity contribution in [2.24, 2.45) is 28.8 Å². The highest BCUT2D eigenvalue weighted by molar-refractivity contribution is 6.30. The Hall–Kier alpha value is -2.66. The largest absolute Gasteiger partial charge is 0.455 e. The zero-order chi connectivity index (χ0) is 17.8. The number of carbonyl (C=O) groups is 2. The normalized spacial score (nSPS) is 29.3. The molecule has 5 nitrogen and oxygen atoms in total. The summed E-state index contributed by atoms with van der Waals surface area (Å²) in [6.45, 7) is 0. The fourth-order valence-corrected chi connectivity index (χ4v) is 4.43. The van der Waals surface area contributed by atoms with Gasteiger partial charge in [-0.1, -0.05) is 23.8 Å². The van der Waals surface area contributed by atoms with Gasteiger partial charge in [0.1, 0.15) is 11.5 Å². The molecule has 2 aliphatic carbocycles. The Kier molecular flexibility index (Phi) is 3.40. The lowest BCUT2D eigenvalue weighted by Crippen LogP contribution is -2.28. The summed E-state index contributed by atoms with van der Waals surface area (Å²) in [5.74, 6) is 0.639. The van der Waals surface area contributed by atoms with E-state index in [1.165, 1.54) is 6.21 Å². The fraction of sp³-hybridized carbons (Fsp3) is 0.250. The van der Waals surface area contributed by atoms with Crippen LogP contribution in [0.15, 0.2) is 58.1 Å². The van der Waals surface area contributed by atoms with Crippen molar-refractivity contribution in [3.8, 4) is 11.3 Å². The molecule has 2 amide bonds. The number of nitrogens with zero attached hydrogens (tertiary/aromatic N) is 2. The number of hydrogen-bond acceptors (Lipinski definition) is 4. The minimum Gasteiger partial charge on any atom is -0.455 e. The maximum absolute atomic E-state index is 12.6. The Morgan fingerprint density at radius 2 is 1.65 bits per heavy atom. The third kappa shape index (κ3) is 2.27. The van der Waals surface area contributed by atoms with E-state index in [0.717, 1.165) is 17.0 Å². The second-order valence-electron chi connectivity index (χ2n) is 6.94. The van der Waals surface area contributed by atoms with Crippen LogP contribution in [0.1, 0.15) is 12.2 Å². The number of benzene rings is 1. The van der Waals surface area contributed by atoms with Crippen LogP contribution in [0.3, 0.4) is 0 Å². The van der Waals surface area contributed by atoms with Crippen molar-refractivity contribution in [3.05, 3.63) is 59.3 Å². The smallest absolute Gasteiger partial charge is 0.254 e. The number of halogens is 1. The minimum absolute atomic E-state index is 0.182. The van der Waals surface area contributed by atoms with Crippen LogP contribution in [0.25, 0.3) is 11.3 Å². The number of furan rings is 1. The van der Waals surface area contributed by atoms with Crippen LogP contribution in [0.2, 0.25) is 5.02 Å². The predicted molar refractivity (Wildman–Crippen MR) is 96.3 cm³/mol. The first-order chi connectivity index (χ1) is 12.6. The van der Waals surface area contributed by atoms with Gasteiger partial charge in [0.15, 0.2) is 0 Å². The van der Waals surface area contributed by atoms with E-state index in [0.29, 0.717) is 16.5 Å². The van der Waals surface area contributed by atoms with Gasteiger partial charge in [-0.15, -0.1) is 0 Å². The fourth-order valence-electron chi connectivity index (χ4n) is 4.31. The molecule has 130 valence electrons. The van der Waals surface area contributed by atoms with Gasteiger partial charge in [0.2, 0.25) is 0 Å². The van der Waals surface area contributed by atoms with Gasteiger partial charge in [-0.3, -0.25) is 9.59 Å². The van der Waals surface area contributed by atoms with E-state index in [4.69, 9.17) is 16.0 Å². The average molecular weight is 367 g/mol. The Morgan fingerprint density at radius 1 is 1.00 bits per heavy atom. The van der Waals surface area contributed by atoms with Crippen molar-refractivity contribution in [2.45, 2.75) is 6.42 Å². The highest BCUT2D eigenvalue weighted by atomic mass is 35.5. The number of allylic oxidation sites excluding steroid dienone is 2. The van der Waals surface area contributed by atoms with Crippen molar-refractivity contribution in [2.75, 3.05) is 0 Å². The van der Waals surface area contributed by atoms with Crippen molar-refractivity contribution >= 4 is 29.6 Å². The average Bonchev–Trinajstić information content (AvgIpc) is 3.40. The third-order valence-electron chi connectivity index (χ3n) is 5.50. The molecule has 1 saturated carbocycles. The molecule has 3 aliphatic rings. The maximum atomic E-state index is 12.6. The number of rotatable bonds is 3. The summed E-state index contributed by atoms with van der Waals surface area (Å²) in [7, 11) is 0. The van der Waals surface area contributed by atoms with Crippen LogP contribution in [0.4, 0.5) is 0 Å². The van der Waals surface area contributed by atoms with E-state index in [1.807, 2.05) is 18.2 Å². The lowest BCUT2D eigenvalue weighted by molar-refractivity contribution is -0.140. The highest BCUT2D eigenvalue weighted by Gasteiger charge is 2.59. The number of amides is 2. The monoisotopic (exact) mass is 366 g/mol. The molecule has 1 aromatic heterocycles. The molecule has 2 heterocycles. The van der Waals surface area contributed by atoms with Crippen LogP contribution in [-0.2, 0) is 9.59 Å². The molecule has 2 aromatic rings. The number of fused-ring (bicyclic) bond motifs is 5. The number of imide groups is 1. The molecule has 6 heteroatoms. The molecule has 0 radical (unpaired) electrons. The third-order valence-corrected chi connectivity index (χ3v) is 5.76. The molecule has 2 fully saturated rings. The van der Waals surface area contributed by atoms with Crippen LogP contribution in [-0.4, -0.2) is 23.0 Å². The molecule has 1 aliphatic heterocycles. The molecular formula is C20H15ClN2O3. The summed E-state index contributed by atoms with van der Waals surface area (Å²) in [4.78, 5) is 25.2. The molecule has 1 saturated heterocycles. The first-order valence-electron chi connectivity index (χ1n) is 8.58. The van der Waals surface area contributed by atoms with Crippen LogP contribution >= 0.6 is 11.6 Å². The van der Waals surface area contributed by atoms with E-state index >= 15 is 0 Å². The topological polar surface area (TPSA) is 62.9 Å². The first kappa shape index (κ1) is 15.6. The van der Waals surface area contributed by atoms with E-state index in [2.05, 4.69) is 17.3 Å². The zero-order valence-corrected chi connectivity index (χ0v) is 14.5. The van der Waals surface area contributed by atoms with Crippen molar-refractivity contribution < 1.29 is 14.0 Å². The quantitative estimate of drug-likeness (QED) is 0.472. The first-order valence-corrected chi connectivity index (χ1v) is 8.95. The molecule has 4 unspecified atom stereocenters. The Bertz CT molecular complexity index is 930. The van der Waals surface area contributed by atoms with E-state index in [-0.39, 0.29) is 35.5 Å². The second kappa shape index (κ2) is 5.68. The number of carbonyl (C=O) groups excluding carboxylic acids is 2. The summed E-state index contributed by atoms with van der Waals surface area (Å²) in [6.07, 6.45) is 6.46. The molecule has 5 rings (SSSR count). The zero-order valence-electron chi connectivity index (χ0n) is 13.7. The van der Waals surface area contributed by atoms with E-state index in [1.54, 1.807) is 18.2 Å². The minimum atomic E-state index is -0.240. The molecule has 26 heavy (non-hydrogen) atoms. The number of hydrazone groups is 1. The van der Waals surface area contributed by atoms with Crippen molar-refractivity contribution in [3.63, 3.8) is 0 Å². The molecule has 0 spiro atoms. The Labute approximate surface area is 154 Å². The van der Waals surface area contributed by atoms with Gasteiger partial charge in [-0.2, -0.15) is 10.1 Å². The predicted octanol–water partition coefficient (Wildman–Crippen LogP) is 3.74. The SMILES string of the molecule is O=C1C2C3C=CC(C3)C2C(=O)N1N=Cc1ccc(-c2ccc(Cl)cc2)o1. The summed E-state index contributed by atoms with van der Waals surface area (Å²) in [5, 5.41) is 5.80. The van der Waals surface area contributed by atoms with Gasteiger partial charge in [-0.25, -0.2) is 0 Å². The van der Waals surface area contributed by atoms with Gasteiger partial charge < -0.3 is 4.42 Å². The standard InChI is InChI=1S/C20H15ClN2O3/c21-14-5-3-11(4-6-14)16-8-7-15(26-16)10-22-23-19(24)17-12-1-2-13(9-12)18(17)20(23)25/h1-8,10,12-13,17-18H,9H2. The highest BCUT2D eigenvalue weighted by Crippen LogP contribution is 2.52. The number of hydrogen-bond donors (Lipinski definition) is 0. The summed E-state index contributed by atoms with van der Waals surface area (Å²) in [5.41, 5.74) is 0.888. The molecule has 0 N–H and O–H groups in total. The van der Waals surface area contributed by atoms with Crippen LogP contribution in [0, 0.1) is 23.7 Å². The molecule has 4 atom stereocenters. The van der Waals surface area contributed by atoms with Gasteiger partial charge in [0.05, 0.1) is 18.1 Å². The van der Waals surface area contributed by atoms with E-state index < -0.39 is 0 Å². The summed E-state index contributed by atoms with van der Waals surface area (Å²) in [6, 6.07) is 10.9. The van der Waals surface area contributed by atoms with Crippen LogP contribution < -0.4 is 0 Å². The van der Waals surface area contributed by atoms with Crippen molar-refractivity contribution in [1.29, 1.82) is 0 Å². The van der Waals surface area contributed by atoms with E-state index in [9.17, 15) is 9.59 Å². The molecule has 1 aromatic carbocycles. The summed E-state index contributed by atoms with van der Waals surface area (Å²) < 4.78 is 5.73. The van der Waals surface area contributed by atoms with Gasteiger partial charge in [0.25, 0.3) is 11.8 Å². The Balaban J connectivity index is 1.36. The van der Waals surface area contributed by atoms with Gasteiger partial charge in [0, 0.05) is 10.6 Å². The van der Waals surface area contributed by atoms with Gasteiger partial charge >= 0.3 is 0 Å². The molecule has 2 bridgehead atoms. The lowest BCUT2D eigenvalue weighted by Gasteiger charge is -2.13. The van der Waals surface area contributed by atoms with Crippen molar-refractivity contribution in [1.82, 2.24) is 5.01 Å². The second-order valence-corrected chi connectivity index (χ2v) is 7.38. The lowest BCUT2D eigenvalue weighted by atomic mass is 9.85.